The van der Waals surface area contributed by atoms with Gasteiger partial charge in [0.2, 0.25) is 0 Å². The van der Waals surface area contributed by atoms with Crippen molar-refractivity contribution in [3.05, 3.63) is 64.3 Å². The monoisotopic (exact) mass is 484 g/mol. The Labute approximate surface area is 210 Å². The first-order chi connectivity index (χ1) is 17.1. The molecule has 1 atom stereocenters. The molecule has 4 aromatic rings. The minimum atomic E-state index is 0.128. The molecule has 0 spiro atoms. The highest BCUT2D eigenvalue weighted by Gasteiger charge is 2.29. The van der Waals surface area contributed by atoms with E-state index < -0.39 is 0 Å². The summed E-state index contributed by atoms with van der Waals surface area (Å²) in [7, 11) is 0. The lowest BCUT2D eigenvalue weighted by Gasteiger charge is -2.36. The highest BCUT2D eigenvalue weighted by molar-refractivity contribution is 7.19. The first-order valence-corrected chi connectivity index (χ1v) is 13.8. The highest BCUT2D eigenvalue weighted by atomic mass is 32.1. The van der Waals surface area contributed by atoms with E-state index >= 15 is 0 Å². The van der Waals surface area contributed by atoms with Crippen molar-refractivity contribution in [1.29, 1.82) is 0 Å². The van der Waals surface area contributed by atoms with Crippen LogP contribution < -0.4 is 4.90 Å². The zero-order chi connectivity index (χ0) is 23.9. The minimum absolute atomic E-state index is 0.128. The van der Waals surface area contributed by atoms with Crippen LogP contribution >= 0.6 is 11.3 Å². The molecule has 1 saturated heterocycles. The molecule has 2 aliphatic rings. The van der Waals surface area contributed by atoms with Crippen molar-refractivity contribution in [2.45, 2.75) is 46.0 Å². The van der Waals surface area contributed by atoms with Gasteiger partial charge in [-0.15, -0.1) is 11.3 Å². The average molecular weight is 485 g/mol. The van der Waals surface area contributed by atoms with Gasteiger partial charge in [0.25, 0.3) is 5.91 Å². The van der Waals surface area contributed by atoms with E-state index in [1.54, 1.807) is 0 Å². The second-order valence-electron chi connectivity index (χ2n) is 10.1. The molecule has 1 fully saturated rings. The fraction of sp³-hybridized carbons (Fsp3) is 0.414. The van der Waals surface area contributed by atoms with Crippen molar-refractivity contribution in [3.63, 3.8) is 0 Å². The molecule has 35 heavy (non-hydrogen) atoms. The molecule has 0 radical (unpaired) electrons. The molecule has 2 aromatic heterocycles. The molecule has 1 aliphatic carbocycles. The van der Waals surface area contributed by atoms with Gasteiger partial charge in [-0.25, -0.2) is 9.97 Å². The molecular formula is C29H32N4OS. The number of carbonyl (C=O) groups is 1. The largest absolute Gasteiger partial charge is 0.352 e. The van der Waals surface area contributed by atoms with E-state index in [4.69, 9.17) is 9.97 Å². The molecule has 0 saturated carbocycles. The van der Waals surface area contributed by atoms with Crippen LogP contribution in [0.3, 0.4) is 0 Å². The van der Waals surface area contributed by atoms with Gasteiger partial charge in [0.1, 0.15) is 16.5 Å². The van der Waals surface area contributed by atoms with Gasteiger partial charge in [-0.05, 0) is 54.0 Å². The fourth-order valence-electron chi connectivity index (χ4n) is 5.63. The van der Waals surface area contributed by atoms with Crippen molar-refractivity contribution in [2.24, 2.45) is 5.92 Å². The van der Waals surface area contributed by atoms with Gasteiger partial charge < -0.3 is 9.80 Å². The molecular weight excluding hydrogens is 452 g/mol. The summed E-state index contributed by atoms with van der Waals surface area (Å²) in [5, 5.41) is 3.43. The molecule has 0 N–H and O–H groups in total. The van der Waals surface area contributed by atoms with Crippen LogP contribution in [0.1, 0.15) is 53.3 Å². The third-order valence-corrected chi connectivity index (χ3v) is 8.69. The van der Waals surface area contributed by atoms with Crippen molar-refractivity contribution >= 4 is 44.1 Å². The van der Waals surface area contributed by atoms with E-state index in [-0.39, 0.29) is 5.91 Å². The highest BCUT2D eigenvalue weighted by Crippen LogP contribution is 2.41. The molecule has 3 heterocycles. The summed E-state index contributed by atoms with van der Waals surface area (Å²) in [6.45, 7) is 7.56. The number of hydrogen-bond donors (Lipinski definition) is 0. The van der Waals surface area contributed by atoms with Crippen LogP contribution in [0.2, 0.25) is 0 Å². The van der Waals surface area contributed by atoms with E-state index in [1.807, 2.05) is 46.6 Å². The lowest BCUT2D eigenvalue weighted by atomic mass is 9.89. The zero-order valence-corrected chi connectivity index (χ0v) is 21.4. The molecule has 0 bridgehead atoms. The van der Waals surface area contributed by atoms with Gasteiger partial charge in [-0.3, -0.25) is 4.79 Å². The summed E-state index contributed by atoms with van der Waals surface area (Å²) in [5.74, 6) is 2.92. The van der Waals surface area contributed by atoms with Gasteiger partial charge in [0.15, 0.2) is 0 Å². The predicted molar refractivity (Wildman–Crippen MR) is 145 cm³/mol. The van der Waals surface area contributed by atoms with Crippen LogP contribution in [0.25, 0.3) is 21.0 Å². The lowest BCUT2D eigenvalue weighted by molar-refractivity contribution is 0.0748. The number of fused-ring (bicyclic) bond motifs is 4. The minimum Gasteiger partial charge on any atom is -0.352 e. The number of piperazine rings is 1. The first kappa shape index (κ1) is 22.5. The van der Waals surface area contributed by atoms with Crippen LogP contribution in [-0.4, -0.2) is 47.0 Å². The quantitative estimate of drug-likeness (QED) is 0.363. The van der Waals surface area contributed by atoms with Crippen LogP contribution in [-0.2, 0) is 19.3 Å². The van der Waals surface area contributed by atoms with Crippen LogP contribution in [0.4, 0.5) is 5.82 Å². The number of thiophene rings is 1. The Balaban J connectivity index is 1.29. The molecule has 6 rings (SSSR count). The van der Waals surface area contributed by atoms with Crippen molar-refractivity contribution in [2.75, 3.05) is 31.1 Å². The zero-order valence-electron chi connectivity index (χ0n) is 20.6. The summed E-state index contributed by atoms with van der Waals surface area (Å²) in [5.41, 5.74) is 2.28. The molecule has 2 aromatic carbocycles. The fourth-order valence-corrected chi connectivity index (χ4v) is 7.03. The molecule has 1 amide bonds. The Morgan fingerprint density at radius 1 is 1.06 bits per heavy atom. The molecule has 0 unspecified atom stereocenters. The maximum atomic E-state index is 13.5. The molecule has 1 aliphatic heterocycles. The van der Waals surface area contributed by atoms with Gasteiger partial charge >= 0.3 is 0 Å². The molecule has 5 nitrogen and oxygen atoms in total. The number of benzene rings is 2. The predicted octanol–water partition coefficient (Wildman–Crippen LogP) is 5.88. The number of amides is 1. The van der Waals surface area contributed by atoms with Crippen LogP contribution in [0.5, 0.6) is 0 Å². The normalized spacial score (nSPS) is 18.3. The van der Waals surface area contributed by atoms with E-state index in [0.717, 1.165) is 77.5 Å². The average Bonchev–Trinajstić information content (AvgIpc) is 3.25. The van der Waals surface area contributed by atoms with E-state index in [1.165, 1.54) is 22.2 Å². The molecule has 180 valence electrons. The van der Waals surface area contributed by atoms with Crippen molar-refractivity contribution in [1.82, 2.24) is 14.9 Å². The summed E-state index contributed by atoms with van der Waals surface area (Å²) in [4.78, 5) is 30.6. The van der Waals surface area contributed by atoms with Crippen molar-refractivity contribution in [3.8, 4) is 0 Å². The maximum Gasteiger partial charge on any atom is 0.254 e. The number of anilines is 1. The van der Waals surface area contributed by atoms with E-state index in [2.05, 4.69) is 30.9 Å². The Kier molecular flexibility index (Phi) is 5.93. The van der Waals surface area contributed by atoms with Crippen LogP contribution in [0, 0.1) is 5.92 Å². The third kappa shape index (κ3) is 4.08. The van der Waals surface area contributed by atoms with Gasteiger partial charge in [-0.1, -0.05) is 50.2 Å². The first-order valence-electron chi connectivity index (χ1n) is 13.0. The summed E-state index contributed by atoms with van der Waals surface area (Å²) in [6, 6.07) is 14.2. The standard InChI is InChI=1S/C29H32N4OS/c1-3-7-25-30-27(26-23-13-12-19(2)18-24(23)35-28(26)31-25)32-14-16-33(17-15-32)29(34)22-11-6-9-20-8-4-5-10-21(20)22/h4-6,8-11,19H,3,7,12-18H2,1-2H3/t19-/m1/s1. The lowest BCUT2D eigenvalue weighted by Crippen LogP contribution is -2.49. The Hall–Kier alpha value is -2.99. The summed E-state index contributed by atoms with van der Waals surface area (Å²) >= 11 is 1.88. The van der Waals surface area contributed by atoms with E-state index in [0.29, 0.717) is 13.1 Å². The summed E-state index contributed by atoms with van der Waals surface area (Å²) < 4.78 is 0. The summed E-state index contributed by atoms with van der Waals surface area (Å²) in [6.07, 6.45) is 5.47. The number of carbonyl (C=O) groups excluding carboxylic acids is 1. The topological polar surface area (TPSA) is 49.3 Å². The second kappa shape index (κ2) is 9.23. The number of rotatable bonds is 4. The number of hydrogen-bond acceptors (Lipinski definition) is 5. The Morgan fingerprint density at radius 2 is 1.86 bits per heavy atom. The van der Waals surface area contributed by atoms with Gasteiger partial charge in [0, 0.05) is 43.0 Å². The maximum absolute atomic E-state index is 13.5. The van der Waals surface area contributed by atoms with E-state index in [9.17, 15) is 4.79 Å². The number of aromatic nitrogens is 2. The molecule has 6 heteroatoms. The second-order valence-corrected chi connectivity index (χ2v) is 11.1. The number of nitrogens with zero attached hydrogens (tertiary/aromatic N) is 4. The smallest absolute Gasteiger partial charge is 0.254 e. The SMILES string of the molecule is CCCc1nc(N2CCN(C(=O)c3cccc4ccccc34)CC2)c2c3c(sc2n1)C[C@H](C)CC3. The number of aryl methyl sites for hydroxylation is 2. The van der Waals surface area contributed by atoms with Gasteiger partial charge in [0.05, 0.1) is 5.39 Å². The Morgan fingerprint density at radius 3 is 2.69 bits per heavy atom. The van der Waals surface area contributed by atoms with Gasteiger partial charge in [-0.2, -0.15) is 0 Å². The Bertz CT molecular complexity index is 1400. The van der Waals surface area contributed by atoms with Crippen LogP contribution in [0.15, 0.2) is 42.5 Å². The van der Waals surface area contributed by atoms with Crippen molar-refractivity contribution < 1.29 is 4.79 Å². The third-order valence-electron chi connectivity index (χ3n) is 7.54.